The number of hydrogen-bond donors (Lipinski definition) is 1. The summed E-state index contributed by atoms with van der Waals surface area (Å²) in [7, 11) is 3.18. The number of carbonyl (C=O) groups excluding carboxylic acids is 1. The highest BCUT2D eigenvalue weighted by molar-refractivity contribution is 6.32. The average Bonchev–Trinajstić information content (AvgIpc) is 2.64. The highest BCUT2D eigenvalue weighted by atomic mass is 35.5. The molecule has 2 aromatic rings. The Hall–Kier alpha value is -2.40. The Balaban J connectivity index is 1.71. The van der Waals surface area contributed by atoms with Crippen LogP contribution < -0.4 is 19.5 Å². The van der Waals surface area contributed by atoms with Crippen LogP contribution in [0.25, 0.3) is 0 Å². The number of methoxy groups -OCH3 is 2. The van der Waals surface area contributed by atoms with Gasteiger partial charge in [-0.05, 0) is 36.2 Å². The van der Waals surface area contributed by atoms with Crippen LogP contribution in [0.2, 0.25) is 5.02 Å². The first-order valence-corrected chi connectivity index (χ1v) is 8.36. The van der Waals surface area contributed by atoms with Gasteiger partial charge in [0.15, 0.2) is 11.5 Å². The van der Waals surface area contributed by atoms with Gasteiger partial charge in [0.25, 0.3) is 0 Å². The largest absolute Gasteiger partial charge is 0.493 e. The molecule has 0 aromatic heterocycles. The number of hydrogen-bond acceptors (Lipinski definition) is 4. The maximum atomic E-state index is 11.9. The van der Waals surface area contributed by atoms with Crippen molar-refractivity contribution in [3.63, 3.8) is 0 Å². The fourth-order valence-electron chi connectivity index (χ4n) is 2.30. The van der Waals surface area contributed by atoms with Crippen molar-refractivity contribution >= 4 is 17.5 Å². The minimum atomic E-state index is -0.0301. The lowest BCUT2D eigenvalue weighted by Gasteiger charge is -2.10. The number of rotatable bonds is 9. The van der Waals surface area contributed by atoms with Crippen LogP contribution in [0.3, 0.4) is 0 Å². The van der Waals surface area contributed by atoms with Gasteiger partial charge in [0, 0.05) is 6.42 Å². The van der Waals surface area contributed by atoms with Crippen molar-refractivity contribution in [2.45, 2.75) is 12.8 Å². The summed E-state index contributed by atoms with van der Waals surface area (Å²) in [6.45, 7) is 0.793. The average molecular weight is 364 g/mol. The second-order valence-electron chi connectivity index (χ2n) is 5.32. The summed E-state index contributed by atoms with van der Waals surface area (Å²) in [6.07, 6.45) is 1.01. The van der Waals surface area contributed by atoms with Crippen LogP contribution >= 0.6 is 11.6 Å². The SMILES string of the molecule is COc1ccc(CCC(=O)NCCOc2ccccc2Cl)cc1OC. The lowest BCUT2D eigenvalue weighted by molar-refractivity contribution is -0.121. The van der Waals surface area contributed by atoms with E-state index >= 15 is 0 Å². The van der Waals surface area contributed by atoms with E-state index in [9.17, 15) is 4.79 Å². The Kier molecular flexibility index (Phi) is 7.41. The molecule has 0 heterocycles. The zero-order chi connectivity index (χ0) is 18.1. The van der Waals surface area contributed by atoms with Crippen molar-refractivity contribution in [3.8, 4) is 17.2 Å². The van der Waals surface area contributed by atoms with E-state index in [1.807, 2.05) is 30.3 Å². The van der Waals surface area contributed by atoms with Crippen molar-refractivity contribution in [2.24, 2.45) is 0 Å². The van der Waals surface area contributed by atoms with Crippen molar-refractivity contribution in [1.82, 2.24) is 5.32 Å². The fourth-order valence-corrected chi connectivity index (χ4v) is 2.49. The number of aryl methyl sites for hydroxylation is 1. The Morgan fingerprint density at radius 3 is 2.52 bits per heavy atom. The van der Waals surface area contributed by atoms with Gasteiger partial charge in [-0.3, -0.25) is 4.79 Å². The molecule has 0 fully saturated rings. The highest BCUT2D eigenvalue weighted by Gasteiger charge is 2.07. The first kappa shape index (κ1) is 18.9. The van der Waals surface area contributed by atoms with Gasteiger partial charge in [0.05, 0.1) is 25.8 Å². The maximum absolute atomic E-state index is 11.9. The molecule has 25 heavy (non-hydrogen) atoms. The highest BCUT2D eigenvalue weighted by Crippen LogP contribution is 2.28. The van der Waals surface area contributed by atoms with Gasteiger partial charge in [-0.2, -0.15) is 0 Å². The summed E-state index contributed by atoms with van der Waals surface area (Å²) in [6, 6.07) is 12.9. The van der Waals surface area contributed by atoms with Gasteiger partial charge in [0.2, 0.25) is 5.91 Å². The monoisotopic (exact) mass is 363 g/mol. The van der Waals surface area contributed by atoms with Crippen molar-refractivity contribution in [3.05, 3.63) is 53.1 Å². The maximum Gasteiger partial charge on any atom is 0.220 e. The van der Waals surface area contributed by atoms with Crippen molar-refractivity contribution in [2.75, 3.05) is 27.4 Å². The Labute approximate surface area is 152 Å². The molecule has 0 aliphatic carbocycles. The molecule has 134 valence electrons. The Morgan fingerprint density at radius 1 is 1.04 bits per heavy atom. The third-order valence-electron chi connectivity index (χ3n) is 3.61. The van der Waals surface area contributed by atoms with Gasteiger partial charge in [-0.25, -0.2) is 0 Å². The molecule has 0 atom stereocenters. The van der Waals surface area contributed by atoms with E-state index in [0.29, 0.717) is 48.3 Å². The summed E-state index contributed by atoms with van der Waals surface area (Å²) in [5.41, 5.74) is 1.01. The van der Waals surface area contributed by atoms with Crippen molar-refractivity contribution < 1.29 is 19.0 Å². The van der Waals surface area contributed by atoms with E-state index in [4.69, 9.17) is 25.8 Å². The number of carbonyl (C=O) groups is 1. The molecule has 0 aliphatic heterocycles. The van der Waals surface area contributed by atoms with Gasteiger partial charge in [-0.1, -0.05) is 29.8 Å². The van der Waals surface area contributed by atoms with Gasteiger partial charge >= 0.3 is 0 Å². The standard InChI is InChI=1S/C19H22ClNO4/c1-23-17-9-7-14(13-18(17)24-2)8-10-19(22)21-11-12-25-16-6-4-3-5-15(16)20/h3-7,9,13H,8,10-12H2,1-2H3,(H,21,22). The topological polar surface area (TPSA) is 56.8 Å². The fraction of sp³-hybridized carbons (Fsp3) is 0.316. The minimum absolute atomic E-state index is 0.0301. The Bertz CT molecular complexity index is 706. The van der Waals surface area contributed by atoms with E-state index in [-0.39, 0.29) is 5.91 Å². The predicted molar refractivity (Wildman–Crippen MR) is 97.8 cm³/mol. The third-order valence-corrected chi connectivity index (χ3v) is 3.92. The molecular formula is C19H22ClNO4. The summed E-state index contributed by atoms with van der Waals surface area (Å²) >= 11 is 6.00. The van der Waals surface area contributed by atoms with Crippen LogP contribution in [-0.4, -0.2) is 33.3 Å². The zero-order valence-electron chi connectivity index (χ0n) is 14.4. The molecule has 6 heteroatoms. The zero-order valence-corrected chi connectivity index (χ0v) is 15.1. The van der Waals surface area contributed by atoms with E-state index in [0.717, 1.165) is 5.56 Å². The van der Waals surface area contributed by atoms with Gasteiger partial charge in [-0.15, -0.1) is 0 Å². The van der Waals surface area contributed by atoms with Crippen LogP contribution in [-0.2, 0) is 11.2 Å². The molecule has 2 aromatic carbocycles. The molecular weight excluding hydrogens is 342 g/mol. The van der Waals surface area contributed by atoms with E-state index < -0.39 is 0 Å². The van der Waals surface area contributed by atoms with Crippen LogP contribution in [0.4, 0.5) is 0 Å². The van der Waals surface area contributed by atoms with Crippen LogP contribution in [0, 0.1) is 0 Å². The molecule has 0 radical (unpaired) electrons. The number of nitrogens with one attached hydrogen (secondary N) is 1. The van der Waals surface area contributed by atoms with E-state index in [1.54, 1.807) is 26.4 Å². The van der Waals surface area contributed by atoms with Crippen LogP contribution in [0.1, 0.15) is 12.0 Å². The second-order valence-corrected chi connectivity index (χ2v) is 5.73. The Morgan fingerprint density at radius 2 is 1.80 bits per heavy atom. The molecule has 1 amide bonds. The first-order chi connectivity index (χ1) is 12.1. The third kappa shape index (κ3) is 5.87. The van der Waals surface area contributed by atoms with Crippen LogP contribution in [0.5, 0.6) is 17.2 Å². The molecule has 0 unspecified atom stereocenters. The molecule has 2 rings (SSSR count). The summed E-state index contributed by atoms with van der Waals surface area (Å²) < 4.78 is 16.0. The van der Waals surface area contributed by atoms with Gasteiger partial charge < -0.3 is 19.5 Å². The molecule has 0 bridgehead atoms. The minimum Gasteiger partial charge on any atom is -0.493 e. The van der Waals surface area contributed by atoms with E-state index in [2.05, 4.69) is 5.32 Å². The van der Waals surface area contributed by atoms with Crippen LogP contribution in [0.15, 0.2) is 42.5 Å². The normalized spacial score (nSPS) is 10.2. The molecule has 0 saturated carbocycles. The molecule has 1 N–H and O–H groups in total. The number of benzene rings is 2. The molecule has 0 saturated heterocycles. The molecule has 0 spiro atoms. The number of halogens is 1. The number of amides is 1. The molecule has 0 aliphatic rings. The van der Waals surface area contributed by atoms with Gasteiger partial charge in [0.1, 0.15) is 12.4 Å². The van der Waals surface area contributed by atoms with E-state index in [1.165, 1.54) is 0 Å². The number of para-hydroxylation sites is 1. The predicted octanol–water partition coefficient (Wildman–Crippen LogP) is 3.49. The number of ether oxygens (including phenoxy) is 3. The summed E-state index contributed by atoms with van der Waals surface area (Å²) in [4.78, 5) is 11.9. The smallest absolute Gasteiger partial charge is 0.220 e. The molecule has 5 nitrogen and oxygen atoms in total. The summed E-state index contributed by atoms with van der Waals surface area (Å²) in [5, 5.41) is 3.39. The quantitative estimate of drug-likeness (QED) is 0.693. The van der Waals surface area contributed by atoms with Crippen molar-refractivity contribution in [1.29, 1.82) is 0 Å². The first-order valence-electron chi connectivity index (χ1n) is 7.99. The second kappa shape index (κ2) is 9.79. The summed E-state index contributed by atoms with van der Waals surface area (Å²) in [5.74, 6) is 1.92. The lowest BCUT2D eigenvalue weighted by atomic mass is 10.1. The lowest BCUT2D eigenvalue weighted by Crippen LogP contribution is -2.28.